The largest absolute Gasteiger partial charge is 0.463 e. The van der Waals surface area contributed by atoms with Gasteiger partial charge in [0, 0.05) is 6.08 Å². The molecular formula is C32H52O2. The maximum absolute atomic E-state index is 11.4. The molecule has 0 bridgehead atoms. The van der Waals surface area contributed by atoms with Crippen LogP contribution in [0.25, 0.3) is 0 Å². The molecule has 3 saturated carbocycles. The second-order valence-electron chi connectivity index (χ2n) is 13.5. The van der Waals surface area contributed by atoms with Crippen molar-refractivity contribution in [2.75, 3.05) is 6.61 Å². The van der Waals surface area contributed by atoms with Crippen LogP contribution >= 0.6 is 0 Å². The molecule has 0 heterocycles. The van der Waals surface area contributed by atoms with Crippen molar-refractivity contribution in [1.29, 1.82) is 0 Å². The average Bonchev–Trinajstić information content (AvgIpc) is 3.17. The highest BCUT2D eigenvalue weighted by molar-refractivity contribution is 5.81. The van der Waals surface area contributed by atoms with Crippen molar-refractivity contribution in [2.45, 2.75) is 105 Å². The Morgan fingerprint density at radius 2 is 1.76 bits per heavy atom. The molecule has 192 valence electrons. The molecule has 4 aliphatic rings. The third-order valence-electron chi connectivity index (χ3n) is 11.8. The molecule has 1 unspecified atom stereocenters. The molecule has 2 heteroatoms. The molecule has 34 heavy (non-hydrogen) atoms. The summed E-state index contributed by atoms with van der Waals surface area (Å²) >= 11 is 0. The van der Waals surface area contributed by atoms with E-state index in [2.05, 4.69) is 53.3 Å². The summed E-state index contributed by atoms with van der Waals surface area (Å²) in [5, 5.41) is 0. The molecule has 0 spiro atoms. The number of hydrogen-bond acceptors (Lipinski definition) is 2. The van der Waals surface area contributed by atoms with Crippen molar-refractivity contribution in [2.24, 2.45) is 58.2 Å². The molecule has 0 aromatic rings. The first-order valence-corrected chi connectivity index (χ1v) is 14.7. The zero-order chi connectivity index (χ0) is 24.5. The maximum Gasteiger partial charge on any atom is 0.330 e. The fourth-order valence-electron chi connectivity index (χ4n) is 9.66. The first-order valence-electron chi connectivity index (χ1n) is 14.7. The molecular weight excluding hydrogens is 416 g/mol. The van der Waals surface area contributed by atoms with Gasteiger partial charge in [0.15, 0.2) is 0 Å². The van der Waals surface area contributed by atoms with Crippen LogP contribution in [0.15, 0.2) is 24.8 Å². The van der Waals surface area contributed by atoms with E-state index in [9.17, 15) is 4.79 Å². The van der Waals surface area contributed by atoms with Crippen molar-refractivity contribution >= 4 is 5.97 Å². The lowest BCUT2D eigenvalue weighted by molar-refractivity contribution is -0.138. The summed E-state index contributed by atoms with van der Waals surface area (Å²) in [6.45, 7) is 16.6. The normalized spacial score (nSPS) is 40.7. The molecule has 0 N–H and O–H groups in total. The number of carbonyl (C=O) groups is 1. The first-order chi connectivity index (χ1) is 16.2. The van der Waals surface area contributed by atoms with Crippen LogP contribution in [0, 0.1) is 58.2 Å². The number of allylic oxidation sites excluding steroid dienone is 2. The van der Waals surface area contributed by atoms with Crippen molar-refractivity contribution in [3.05, 3.63) is 24.8 Å². The van der Waals surface area contributed by atoms with E-state index in [1.165, 1.54) is 70.3 Å². The van der Waals surface area contributed by atoms with Crippen LogP contribution in [0.5, 0.6) is 0 Å². The summed E-state index contributed by atoms with van der Waals surface area (Å²) in [4.78, 5) is 11.4. The molecule has 0 aromatic heterocycles. The zero-order valence-electron chi connectivity index (χ0n) is 22.9. The minimum atomic E-state index is -0.288. The highest BCUT2D eigenvalue weighted by Crippen LogP contribution is 2.67. The number of ether oxygens (including phenoxy) is 1. The molecule has 9 atom stereocenters. The molecule has 0 radical (unpaired) electrons. The number of carbonyl (C=O) groups excluding carboxylic acids is 1. The monoisotopic (exact) mass is 468 g/mol. The number of rotatable bonds is 9. The standard InChI is InChI=1S/C32H52O2/c1-7-30(33)34-21-18-24(22(2)3)12-11-23(4)27-15-16-28-26-14-13-25-10-8-9-19-31(25,5)29(26)17-20-32(27,28)6/h7-8,10,22-29H,1,9,11-21H2,2-6H3/t23-,24+,25?,26+,27-,28+,29+,31+,32-/m1/s1. The van der Waals surface area contributed by atoms with Gasteiger partial charge < -0.3 is 4.74 Å². The van der Waals surface area contributed by atoms with Crippen LogP contribution in [0.4, 0.5) is 0 Å². The summed E-state index contributed by atoms with van der Waals surface area (Å²) < 4.78 is 5.30. The fraction of sp³-hybridized carbons (Fsp3) is 0.844. The van der Waals surface area contributed by atoms with Crippen molar-refractivity contribution in [3.8, 4) is 0 Å². The summed E-state index contributed by atoms with van der Waals surface area (Å²) in [7, 11) is 0. The van der Waals surface area contributed by atoms with Gasteiger partial charge in [-0.25, -0.2) is 4.79 Å². The minimum Gasteiger partial charge on any atom is -0.463 e. The predicted molar refractivity (Wildman–Crippen MR) is 142 cm³/mol. The van der Waals surface area contributed by atoms with E-state index in [-0.39, 0.29) is 5.97 Å². The lowest BCUT2D eigenvalue weighted by Gasteiger charge is -2.60. The van der Waals surface area contributed by atoms with Crippen molar-refractivity contribution in [3.63, 3.8) is 0 Å². The number of esters is 1. The fourth-order valence-corrected chi connectivity index (χ4v) is 9.66. The summed E-state index contributed by atoms with van der Waals surface area (Å²) in [6.07, 6.45) is 21.4. The topological polar surface area (TPSA) is 26.3 Å². The van der Waals surface area contributed by atoms with Crippen LogP contribution in [-0.4, -0.2) is 12.6 Å². The lowest BCUT2D eigenvalue weighted by atomic mass is 9.45. The first kappa shape index (κ1) is 26.0. The third kappa shape index (κ3) is 4.81. The second-order valence-corrected chi connectivity index (χ2v) is 13.5. The number of fused-ring (bicyclic) bond motifs is 5. The maximum atomic E-state index is 11.4. The van der Waals surface area contributed by atoms with Crippen LogP contribution in [0.2, 0.25) is 0 Å². The Morgan fingerprint density at radius 3 is 2.50 bits per heavy atom. The van der Waals surface area contributed by atoms with E-state index in [1.54, 1.807) is 0 Å². The Kier molecular flexibility index (Phi) is 8.05. The Labute approximate surface area is 210 Å². The van der Waals surface area contributed by atoms with E-state index in [0.29, 0.717) is 29.3 Å². The molecule has 0 aliphatic heterocycles. The van der Waals surface area contributed by atoms with Crippen LogP contribution in [0.1, 0.15) is 105 Å². The summed E-state index contributed by atoms with van der Waals surface area (Å²) in [6, 6.07) is 0. The molecule has 2 nitrogen and oxygen atoms in total. The van der Waals surface area contributed by atoms with E-state index in [4.69, 9.17) is 4.74 Å². The van der Waals surface area contributed by atoms with Gasteiger partial charge in [-0.3, -0.25) is 0 Å². The third-order valence-corrected chi connectivity index (χ3v) is 11.8. The van der Waals surface area contributed by atoms with Gasteiger partial charge in [0.05, 0.1) is 6.61 Å². The summed E-state index contributed by atoms with van der Waals surface area (Å²) in [5.74, 6) is 6.42. The Bertz CT molecular complexity index is 752. The summed E-state index contributed by atoms with van der Waals surface area (Å²) in [5.41, 5.74) is 1.13. The smallest absolute Gasteiger partial charge is 0.330 e. The van der Waals surface area contributed by atoms with E-state index < -0.39 is 0 Å². The van der Waals surface area contributed by atoms with Crippen LogP contribution in [-0.2, 0) is 9.53 Å². The number of hydrogen-bond donors (Lipinski definition) is 0. The highest BCUT2D eigenvalue weighted by Gasteiger charge is 2.59. The molecule has 4 aliphatic carbocycles. The van der Waals surface area contributed by atoms with Crippen LogP contribution < -0.4 is 0 Å². The molecule has 4 rings (SSSR count). The van der Waals surface area contributed by atoms with Gasteiger partial charge in [0.25, 0.3) is 0 Å². The zero-order valence-corrected chi connectivity index (χ0v) is 22.9. The van der Waals surface area contributed by atoms with Gasteiger partial charge >= 0.3 is 5.97 Å². The average molecular weight is 469 g/mol. The van der Waals surface area contributed by atoms with Gasteiger partial charge in [0.2, 0.25) is 0 Å². The van der Waals surface area contributed by atoms with Gasteiger partial charge in [-0.15, -0.1) is 0 Å². The highest BCUT2D eigenvalue weighted by atomic mass is 16.5. The van der Waals surface area contributed by atoms with Gasteiger partial charge in [-0.2, -0.15) is 0 Å². The quantitative estimate of drug-likeness (QED) is 0.192. The minimum absolute atomic E-state index is 0.288. The Morgan fingerprint density at radius 1 is 1.00 bits per heavy atom. The SMILES string of the molecule is C=CC(=O)OCC[C@H](CC[C@@H](C)[C@H]1CC[C@H]2[C@@H]3CCC4C=CCC[C@]4(C)[C@H]3CC[C@]12C)C(C)C. The van der Waals surface area contributed by atoms with E-state index in [1.807, 2.05) is 0 Å². The molecule has 0 amide bonds. The van der Waals surface area contributed by atoms with Gasteiger partial charge in [0.1, 0.15) is 0 Å². The molecule has 3 fully saturated rings. The van der Waals surface area contributed by atoms with E-state index >= 15 is 0 Å². The Hall–Kier alpha value is -1.05. The molecule has 0 saturated heterocycles. The van der Waals surface area contributed by atoms with Crippen molar-refractivity contribution in [1.82, 2.24) is 0 Å². The predicted octanol–water partition coefficient (Wildman–Crippen LogP) is 8.62. The lowest BCUT2D eigenvalue weighted by Crippen LogP contribution is -2.52. The second kappa shape index (κ2) is 10.5. The van der Waals surface area contributed by atoms with Gasteiger partial charge in [-0.1, -0.05) is 59.8 Å². The Balaban J connectivity index is 1.37. The van der Waals surface area contributed by atoms with Crippen LogP contribution in [0.3, 0.4) is 0 Å². The van der Waals surface area contributed by atoms with E-state index in [0.717, 1.165) is 41.9 Å². The van der Waals surface area contributed by atoms with Gasteiger partial charge in [-0.05, 0) is 122 Å². The molecule has 0 aromatic carbocycles. The van der Waals surface area contributed by atoms with Crippen molar-refractivity contribution < 1.29 is 9.53 Å².